The first-order valence-electron chi connectivity index (χ1n) is 9.47. The summed E-state index contributed by atoms with van der Waals surface area (Å²) in [6.07, 6.45) is 0.596. The van der Waals surface area contributed by atoms with Crippen LogP contribution in [0.1, 0.15) is 22.8 Å². The number of non-ortho nitro benzene ring substituents is 1. The van der Waals surface area contributed by atoms with Crippen molar-refractivity contribution in [1.82, 2.24) is 4.98 Å². The summed E-state index contributed by atoms with van der Waals surface area (Å²) in [7, 11) is 0. The van der Waals surface area contributed by atoms with Gasteiger partial charge in [-0.05, 0) is 30.2 Å². The second-order valence-corrected chi connectivity index (χ2v) is 10.4. The maximum absolute atomic E-state index is 13.0. The fraction of sp³-hybridized carbons (Fsp3) is 0.421. The molecule has 154 valence electrons. The lowest BCUT2D eigenvalue weighted by atomic mass is 9.66. The molecule has 2 aromatic rings. The SMILES string of the molecule is O=C1Oc2ccc([N+](=O)[O-])cc2[C@@H]2c3sc(=O)[nH]c3S[C@H]3[C@@H]4C[C@H]([C@@H]1[C@H]4C(=O)O)[C@H]23. The number of esters is 1. The predicted octanol–water partition coefficient (Wildman–Crippen LogP) is 2.45. The molecule has 2 saturated carbocycles. The molecule has 9 nitrogen and oxygen atoms in total. The van der Waals surface area contributed by atoms with Gasteiger partial charge in [-0.1, -0.05) is 11.3 Å². The topological polar surface area (TPSA) is 140 Å². The van der Waals surface area contributed by atoms with Crippen LogP contribution in [0.2, 0.25) is 0 Å². The van der Waals surface area contributed by atoms with Crippen molar-refractivity contribution >= 4 is 40.7 Å². The molecule has 11 heteroatoms. The summed E-state index contributed by atoms with van der Waals surface area (Å²) in [5.74, 6) is -3.84. The molecule has 0 spiro atoms. The molecular weight excluding hydrogens is 432 g/mol. The van der Waals surface area contributed by atoms with Crippen LogP contribution in [0.15, 0.2) is 28.0 Å². The number of aromatic amines is 1. The number of H-pyrrole nitrogens is 1. The molecule has 2 aliphatic heterocycles. The van der Waals surface area contributed by atoms with Gasteiger partial charge in [-0.2, -0.15) is 0 Å². The van der Waals surface area contributed by atoms with E-state index in [0.717, 1.165) is 16.2 Å². The van der Waals surface area contributed by atoms with Crippen LogP contribution >= 0.6 is 23.1 Å². The third kappa shape index (κ3) is 2.21. The molecule has 0 saturated heterocycles. The molecule has 2 N–H and O–H groups in total. The van der Waals surface area contributed by atoms with Crippen LogP contribution < -0.4 is 9.61 Å². The Kier molecular flexibility index (Phi) is 3.59. The number of nitrogens with one attached hydrogen (secondary N) is 1. The zero-order valence-corrected chi connectivity index (χ0v) is 16.8. The number of nitro groups is 1. The summed E-state index contributed by atoms with van der Waals surface area (Å²) in [6, 6.07) is 4.10. The van der Waals surface area contributed by atoms with Crippen molar-refractivity contribution in [2.75, 3.05) is 0 Å². The van der Waals surface area contributed by atoms with Crippen molar-refractivity contribution in [1.29, 1.82) is 0 Å². The van der Waals surface area contributed by atoms with Crippen LogP contribution in [0.3, 0.4) is 0 Å². The number of ether oxygens (including phenoxy) is 1. The maximum atomic E-state index is 13.0. The summed E-state index contributed by atoms with van der Waals surface area (Å²) < 4.78 is 5.63. The molecule has 3 heterocycles. The van der Waals surface area contributed by atoms with Crippen molar-refractivity contribution in [3.8, 4) is 5.75 Å². The number of thiazole rings is 1. The molecule has 7 atom stereocenters. The first kappa shape index (κ1) is 18.1. The summed E-state index contributed by atoms with van der Waals surface area (Å²) in [6.45, 7) is 0. The average Bonchev–Trinajstić information content (AvgIpc) is 3.35. The highest BCUT2D eigenvalue weighted by Crippen LogP contribution is 2.68. The highest BCUT2D eigenvalue weighted by Gasteiger charge is 2.67. The zero-order valence-electron chi connectivity index (χ0n) is 15.1. The van der Waals surface area contributed by atoms with Crippen LogP contribution in [-0.4, -0.2) is 32.2 Å². The number of carboxylic acid groups (broad SMARTS) is 1. The van der Waals surface area contributed by atoms with E-state index in [0.29, 0.717) is 17.0 Å². The lowest BCUT2D eigenvalue weighted by Gasteiger charge is -2.45. The van der Waals surface area contributed by atoms with E-state index < -0.39 is 28.7 Å². The van der Waals surface area contributed by atoms with Crippen LogP contribution in [0, 0.1) is 39.7 Å². The lowest BCUT2D eigenvalue weighted by Crippen LogP contribution is -2.49. The molecule has 0 unspecified atom stereocenters. The molecule has 6 rings (SSSR count). The molecule has 0 amide bonds. The number of fused-ring (bicyclic) bond motifs is 6. The Bertz CT molecular complexity index is 1200. The van der Waals surface area contributed by atoms with Gasteiger partial charge in [0.05, 0.1) is 21.8 Å². The number of carboxylic acids is 1. The Morgan fingerprint density at radius 1 is 1.30 bits per heavy atom. The quantitative estimate of drug-likeness (QED) is 0.310. The number of hydrogen-bond donors (Lipinski definition) is 2. The molecule has 2 bridgehead atoms. The van der Waals surface area contributed by atoms with Gasteiger partial charge in [0.1, 0.15) is 5.75 Å². The van der Waals surface area contributed by atoms with Crippen LogP contribution in [0.5, 0.6) is 5.75 Å². The largest absolute Gasteiger partial charge is 0.481 e. The normalized spacial score (nSPS) is 35.1. The zero-order chi connectivity index (χ0) is 20.9. The predicted molar refractivity (Wildman–Crippen MR) is 105 cm³/mol. The summed E-state index contributed by atoms with van der Waals surface area (Å²) >= 11 is 2.55. The Morgan fingerprint density at radius 3 is 2.83 bits per heavy atom. The van der Waals surface area contributed by atoms with Gasteiger partial charge >= 0.3 is 16.8 Å². The average molecular weight is 446 g/mol. The minimum absolute atomic E-state index is 0.0897. The standard InChI is InChI=1S/C19H14N2O7S2/c22-17(23)12-8-4-7-11-10(15-16(29-14(8)11)20-19(25)30-15)6-3-5(21(26)27)1-2-9(6)28-18(24)13(7)12/h1-3,7-8,10-14H,4H2,(H,20,25)(H,22,23)/t7-,8+,10-,11+,12-,13+,14-/m0/s1. The van der Waals surface area contributed by atoms with E-state index >= 15 is 0 Å². The number of carbonyl (C=O) groups excluding carboxylic acids is 1. The molecular formula is C19H14N2O7S2. The summed E-state index contributed by atoms with van der Waals surface area (Å²) in [5, 5.41) is 21.9. The fourth-order valence-electron chi connectivity index (χ4n) is 6.10. The van der Waals surface area contributed by atoms with Gasteiger partial charge < -0.3 is 14.8 Å². The van der Waals surface area contributed by atoms with Gasteiger partial charge in [-0.15, -0.1) is 11.8 Å². The molecule has 1 aromatic heterocycles. The number of aromatic nitrogens is 1. The summed E-state index contributed by atoms with van der Waals surface area (Å²) in [4.78, 5) is 51.5. The Morgan fingerprint density at radius 2 is 2.10 bits per heavy atom. The number of hydrogen-bond acceptors (Lipinski definition) is 8. The lowest BCUT2D eigenvalue weighted by molar-refractivity contribution is -0.385. The van der Waals surface area contributed by atoms with Gasteiger partial charge in [-0.25, -0.2) is 0 Å². The summed E-state index contributed by atoms with van der Waals surface area (Å²) in [5.41, 5.74) is 0.398. The van der Waals surface area contributed by atoms with E-state index in [9.17, 15) is 29.6 Å². The molecule has 2 fully saturated rings. The second-order valence-electron chi connectivity index (χ2n) is 8.20. The van der Waals surface area contributed by atoms with E-state index in [2.05, 4.69) is 4.98 Å². The van der Waals surface area contributed by atoms with Gasteiger partial charge in [-0.3, -0.25) is 24.5 Å². The maximum Gasteiger partial charge on any atom is 0.315 e. The van der Waals surface area contributed by atoms with Gasteiger partial charge in [0.15, 0.2) is 0 Å². The molecule has 2 aliphatic carbocycles. The minimum Gasteiger partial charge on any atom is -0.481 e. The van der Waals surface area contributed by atoms with Crippen LogP contribution in [0.4, 0.5) is 5.69 Å². The second kappa shape index (κ2) is 5.94. The van der Waals surface area contributed by atoms with Crippen molar-refractivity contribution in [3.63, 3.8) is 0 Å². The third-order valence-electron chi connectivity index (χ3n) is 7.02. The van der Waals surface area contributed by atoms with E-state index in [4.69, 9.17) is 4.74 Å². The first-order chi connectivity index (χ1) is 14.3. The number of rotatable bonds is 2. The van der Waals surface area contributed by atoms with Crippen molar-refractivity contribution < 1.29 is 24.4 Å². The highest BCUT2D eigenvalue weighted by molar-refractivity contribution is 8.00. The highest BCUT2D eigenvalue weighted by atomic mass is 32.2. The van der Waals surface area contributed by atoms with Gasteiger partial charge in [0.25, 0.3) is 5.69 Å². The molecule has 4 aliphatic rings. The number of nitro benzene ring substituents is 1. The Hall–Kier alpha value is -2.66. The van der Waals surface area contributed by atoms with Crippen LogP contribution in [-0.2, 0) is 9.59 Å². The van der Waals surface area contributed by atoms with E-state index in [1.807, 2.05) is 0 Å². The number of thioether (sulfide) groups is 1. The van der Waals surface area contributed by atoms with Crippen LogP contribution in [0.25, 0.3) is 0 Å². The third-order valence-corrected chi connectivity index (χ3v) is 9.61. The van der Waals surface area contributed by atoms with Gasteiger partial charge in [0.2, 0.25) is 0 Å². The van der Waals surface area contributed by atoms with E-state index in [1.54, 1.807) is 0 Å². The van der Waals surface area contributed by atoms with E-state index in [1.165, 1.54) is 30.0 Å². The molecule has 30 heavy (non-hydrogen) atoms. The smallest absolute Gasteiger partial charge is 0.315 e. The first-order valence-corrected chi connectivity index (χ1v) is 11.2. The minimum atomic E-state index is -1.01. The molecule has 1 aromatic carbocycles. The Balaban J connectivity index is 1.63. The number of nitrogens with zero attached hydrogens (tertiary/aromatic N) is 1. The number of benzene rings is 1. The number of carbonyl (C=O) groups is 2. The van der Waals surface area contributed by atoms with E-state index in [-0.39, 0.29) is 45.2 Å². The number of aliphatic carboxylic acids is 1. The fourth-order valence-corrected chi connectivity index (χ4v) is 8.98. The van der Waals surface area contributed by atoms with Gasteiger partial charge in [0, 0.05) is 33.7 Å². The monoisotopic (exact) mass is 446 g/mol. The Labute approximate surface area is 176 Å². The van der Waals surface area contributed by atoms with Crippen molar-refractivity contribution in [3.05, 3.63) is 48.4 Å². The molecule has 0 radical (unpaired) electrons. The van der Waals surface area contributed by atoms with Crippen molar-refractivity contribution in [2.45, 2.75) is 22.6 Å². The van der Waals surface area contributed by atoms with Crippen molar-refractivity contribution in [2.24, 2.45) is 29.6 Å².